The molecule has 5 heteroatoms. The minimum Gasteiger partial charge on any atom is -0.463 e. The van der Waals surface area contributed by atoms with Crippen molar-refractivity contribution in [3.05, 3.63) is 12.4 Å². The molecule has 0 unspecified atom stereocenters. The third-order valence-electron chi connectivity index (χ3n) is 0.762. The molecule has 1 rings (SSSR count). The molecule has 1 amide bonds. The molecule has 0 fully saturated rings. The first-order valence-corrected chi connectivity index (χ1v) is 2.27. The number of hydrogen-bond acceptors (Lipinski definition) is 3. The van der Waals surface area contributed by atoms with E-state index in [1.54, 1.807) is 0 Å². The van der Waals surface area contributed by atoms with E-state index in [9.17, 15) is 4.79 Å². The van der Waals surface area contributed by atoms with Gasteiger partial charge >= 0.3 is 6.09 Å². The van der Waals surface area contributed by atoms with Crippen LogP contribution in [0.25, 0.3) is 0 Å². The van der Waals surface area contributed by atoms with Gasteiger partial charge in [0, 0.05) is 12.4 Å². The topological polar surface area (TPSA) is 64.9 Å². The van der Waals surface area contributed by atoms with Crippen LogP contribution in [0.15, 0.2) is 17.4 Å². The van der Waals surface area contributed by atoms with Crippen molar-refractivity contribution < 1.29 is 9.90 Å². The summed E-state index contributed by atoms with van der Waals surface area (Å²) in [5.41, 5.74) is 2.42. The van der Waals surface area contributed by atoms with E-state index in [1.807, 2.05) is 0 Å². The maximum atomic E-state index is 10.1. The third kappa shape index (κ3) is 1.18. The number of hydrazine groups is 1. The third-order valence-corrected chi connectivity index (χ3v) is 0.762. The van der Waals surface area contributed by atoms with Crippen molar-refractivity contribution in [2.45, 2.75) is 0 Å². The summed E-state index contributed by atoms with van der Waals surface area (Å²) >= 11 is 0. The summed E-state index contributed by atoms with van der Waals surface area (Å²) in [4.78, 5) is 13.6. The lowest BCUT2D eigenvalue weighted by molar-refractivity contribution is 0.161. The molecule has 0 bridgehead atoms. The minimum absolute atomic E-state index is 0.847. The lowest BCUT2D eigenvalue weighted by Crippen LogP contribution is -2.38. The van der Waals surface area contributed by atoms with Gasteiger partial charge in [-0.05, 0) is 0 Å². The number of rotatable bonds is 0. The Morgan fingerprint density at radius 2 is 2.56 bits per heavy atom. The van der Waals surface area contributed by atoms with Gasteiger partial charge in [0.05, 0.1) is 0 Å². The summed E-state index contributed by atoms with van der Waals surface area (Å²) < 4.78 is 0. The smallest absolute Gasteiger partial charge is 0.431 e. The molecule has 1 aliphatic heterocycles. The number of carbonyl (C=O) groups is 1. The van der Waals surface area contributed by atoms with Crippen LogP contribution in [0.4, 0.5) is 4.79 Å². The van der Waals surface area contributed by atoms with Crippen molar-refractivity contribution in [3.8, 4) is 0 Å². The Morgan fingerprint density at radius 3 is 2.89 bits per heavy atom. The molecule has 2 N–H and O–H groups in total. The lowest BCUT2D eigenvalue weighted by Gasteiger charge is -2.13. The Bertz CT molecular complexity index is 175. The number of amides is 1. The molecule has 48 valence electrons. The first-order valence-electron chi connectivity index (χ1n) is 2.27. The van der Waals surface area contributed by atoms with E-state index < -0.39 is 6.09 Å². The lowest BCUT2D eigenvalue weighted by atomic mass is 10.8. The fraction of sp³-hybridized carbons (Fsp3) is 0. The molecule has 0 spiro atoms. The van der Waals surface area contributed by atoms with E-state index in [1.165, 1.54) is 18.7 Å². The molecule has 0 aliphatic carbocycles. The highest BCUT2D eigenvalue weighted by Gasteiger charge is 2.06. The molecule has 0 radical (unpaired) electrons. The SMILES string of the molecule is O=C(O)N1C=NC=CN1. The molecule has 0 atom stereocenters. The van der Waals surface area contributed by atoms with Gasteiger partial charge in [-0.25, -0.2) is 9.79 Å². The van der Waals surface area contributed by atoms with E-state index in [-0.39, 0.29) is 0 Å². The number of carboxylic acid groups (broad SMARTS) is 1. The molecule has 1 heterocycles. The largest absolute Gasteiger partial charge is 0.463 e. The monoisotopic (exact) mass is 127 g/mol. The van der Waals surface area contributed by atoms with Crippen LogP contribution in [0.2, 0.25) is 0 Å². The van der Waals surface area contributed by atoms with Crippen molar-refractivity contribution in [2.75, 3.05) is 0 Å². The zero-order chi connectivity index (χ0) is 6.69. The maximum absolute atomic E-state index is 10.1. The molecule has 0 aromatic rings. The molecule has 1 aliphatic rings. The van der Waals surface area contributed by atoms with Gasteiger partial charge in [-0.15, -0.1) is 0 Å². The number of nitrogens with one attached hydrogen (secondary N) is 1. The highest BCUT2D eigenvalue weighted by molar-refractivity contribution is 5.80. The average Bonchev–Trinajstić information content (AvgIpc) is 1.90. The van der Waals surface area contributed by atoms with Crippen LogP contribution in [0.3, 0.4) is 0 Å². The van der Waals surface area contributed by atoms with E-state index >= 15 is 0 Å². The molecular weight excluding hydrogens is 122 g/mol. The van der Waals surface area contributed by atoms with Crippen molar-refractivity contribution in [1.29, 1.82) is 0 Å². The quantitative estimate of drug-likeness (QED) is 0.480. The minimum atomic E-state index is -1.08. The fourth-order valence-corrected chi connectivity index (χ4v) is 0.400. The Hall–Kier alpha value is -1.52. The van der Waals surface area contributed by atoms with Crippen LogP contribution < -0.4 is 5.43 Å². The molecule has 0 saturated heterocycles. The predicted molar refractivity (Wildman–Crippen MR) is 30.6 cm³/mol. The van der Waals surface area contributed by atoms with E-state index in [2.05, 4.69) is 10.4 Å². The standard InChI is InChI=1S/C4H5N3O2/c8-4(9)7-3-5-1-2-6-7/h1-3,6H,(H,8,9). The van der Waals surface area contributed by atoms with Crippen LogP contribution >= 0.6 is 0 Å². The summed E-state index contributed by atoms with van der Waals surface area (Å²) in [7, 11) is 0. The van der Waals surface area contributed by atoms with Crippen LogP contribution in [0, 0.1) is 0 Å². The molecular formula is C4H5N3O2. The van der Waals surface area contributed by atoms with Crippen LogP contribution in [0.5, 0.6) is 0 Å². The summed E-state index contributed by atoms with van der Waals surface area (Å²) in [6.07, 6.45) is 2.97. The molecule has 0 aromatic carbocycles. The van der Waals surface area contributed by atoms with Gasteiger partial charge in [0.15, 0.2) is 0 Å². The summed E-state index contributed by atoms with van der Waals surface area (Å²) in [5, 5.41) is 9.12. The van der Waals surface area contributed by atoms with Crippen molar-refractivity contribution in [1.82, 2.24) is 10.4 Å². The Morgan fingerprint density at radius 1 is 1.78 bits per heavy atom. The molecule has 0 saturated carbocycles. The van der Waals surface area contributed by atoms with Gasteiger partial charge < -0.3 is 5.11 Å². The van der Waals surface area contributed by atoms with Crippen molar-refractivity contribution in [3.63, 3.8) is 0 Å². The Labute approximate surface area is 51.3 Å². The maximum Gasteiger partial charge on any atom is 0.431 e. The van der Waals surface area contributed by atoms with E-state index in [0.29, 0.717) is 0 Å². The van der Waals surface area contributed by atoms with E-state index in [4.69, 9.17) is 5.11 Å². The second-order valence-corrected chi connectivity index (χ2v) is 1.36. The second kappa shape index (κ2) is 2.17. The Kier molecular flexibility index (Phi) is 1.35. The fourth-order valence-electron chi connectivity index (χ4n) is 0.400. The second-order valence-electron chi connectivity index (χ2n) is 1.36. The predicted octanol–water partition coefficient (Wildman–Crippen LogP) is -0.0159. The summed E-state index contributed by atoms with van der Waals surface area (Å²) in [5.74, 6) is 0. The van der Waals surface area contributed by atoms with Crippen molar-refractivity contribution in [2.24, 2.45) is 4.99 Å². The van der Waals surface area contributed by atoms with Crippen LogP contribution in [-0.4, -0.2) is 22.5 Å². The molecule has 0 aromatic heterocycles. The Balaban J connectivity index is 2.56. The number of aliphatic imine (C=N–C) groups is 1. The highest BCUT2D eigenvalue weighted by atomic mass is 16.4. The summed E-state index contributed by atoms with van der Waals surface area (Å²) in [6, 6.07) is 0. The normalized spacial score (nSPS) is 15.3. The zero-order valence-electron chi connectivity index (χ0n) is 4.48. The van der Waals surface area contributed by atoms with Gasteiger partial charge in [-0.1, -0.05) is 0 Å². The highest BCUT2D eigenvalue weighted by Crippen LogP contribution is 1.85. The van der Waals surface area contributed by atoms with Crippen LogP contribution in [0.1, 0.15) is 0 Å². The average molecular weight is 127 g/mol. The van der Waals surface area contributed by atoms with Gasteiger partial charge in [0.1, 0.15) is 6.34 Å². The van der Waals surface area contributed by atoms with Gasteiger partial charge in [0.25, 0.3) is 0 Å². The van der Waals surface area contributed by atoms with Gasteiger partial charge in [0.2, 0.25) is 0 Å². The zero-order valence-corrected chi connectivity index (χ0v) is 4.48. The van der Waals surface area contributed by atoms with Gasteiger partial charge in [-0.3, -0.25) is 5.43 Å². The number of hydrogen-bond donors (Lipinski definition) is 2. The van der Waals surface area contributed by atoms with E-state index in [0.717, 1.165) is 5.01 Å². The molecule has 9 heavy (non-hydrogen) atoms. The van der Waals surface area contributed by atoms with Gasteiger partial charge in [-0.2, -0.15) is 5.01 Å². The first-order chi connectivity index (χ1) is 4.30. The van der Waals surface area contributed by atoms with Crippen molar-refractivity contribution >= 4 is 12.4 Å². The first kappa shape index (κ1) is 5.61. The van der Waals surface area contributed by atoms with Crippen LogP contribution in [-0.2, 0) is 0 Å². The molecule has 5 nitrogen and oxygen atoms in total. The summed E-state index contributed by atoms with van der Waals surface area (Å²) in [6.45, 7) is 0. The number of nitrogens with zero attached hydrogens (tertiary/aromatic N) is 2.